The van der Waals surface area contributed by atoms with Crippen LogP contribution < -0.4 is 4.90 Å². The van der Waals surface area contributed by atoms with Gasteiger partial charge in [-0.3, -0.25) is 0 Å². The SMILES string of the molecule is Cc1nc2sc([C@@H](c3ccccc3Cl)[NH+]3CCc4ccccc4C3)c(O)n2n1. The van der Waals surface area contributed by atoms with Crippen LogP contribution in [0.4, 0.5) is 0 Å². The molecule has 28 heavy (non-hydrogen) atoms. The molecule has 1 aliphatic heterocycles. The number of halogens is 1. The summed E-state index contributed by atoms with van der Waals surface area (Å²) in [7, 11) is 0. The number of nitrogens with one attached hydrogen (secondary N) is 1. The number of aromatic nitrogens is 3. The zero-order valence-electron chi connectivity index (χ0n) is 15.4. The first-order chi connectivity index (χ1) is 13.6. The van der Waals surface area contributed by atoms with Gasteiger partial charge in [-0.25, -0.2) is 4.98 Å². The first-order valence-electron chi connectivity index (χ1n) is 9.32. The van der Waals surface area contributed by atoms with Gasteiger partial charge in [0.1, 0.15) is 17.2 Å². The number of nitrogens with zero attached hydrogens (tertiary/aromatic N) is 3. The molecule has 1 unspecified atom stereocenters. The largest absolute Gasteiger partial charge is 0.492 e. The van der Waals surface area contributed by atoms with Crippen molar-refractivity contribution in [1.29, 1.82) is 0 Å². The van der Waals surface area contributed by atoms with Crippen molar-refractivity contribution in [2.45, 2.75) is 25.9 Å². The molecule has 2 N–H and O–H groups in total. The van der Waals surface area contributed by atoms with Crippen LogP contribution in [0, 0.1) is 6.92 Å². The highest BCUT2D eigenvalue weighted by Crippen LogP contribution is 2.37. The number of thiazole rings is 1. The average molecular weight is 412 g/mol. The highest BCUT2D eigenvalue weighted by Gasteiger charge is 2.35. The standard InChI is InChI=1S/C21H19ClN4OS/c1-13-23-21-26(24-13)20(27)19(28-21)18(16-8-4-5-9-17(16)22)25-11-10-14-6-2-3-7-15(14)12-25/h2-9,18,27H,10-12H2,1H3/p+1/t18-/m1/s1. The second kappa shape index (κ2) is 6.88. The normalized spacial score (nSPS) is 17.6. The van der Waals surface area contributed by atoms with E-state index in [4.69, 9.17) is 11.6 Å². The van der Waals surface area contributed by atoms with Crippen molar-refractivity contribution in [3.63, 3.8) is 0 Å². The summed E-state index contributed by atoms with van der Waals surface area (Å²) in [6.07, 6.45) is 1.01. The van der Waals surface area contributed by atoms with Crippen molar-refractivity contribution < 1.29 is 10.0 Å². The van der Waals surface area contributed by atoms with Crippen LogP contribution in [0.1, 0.15) is 33.4 Å². The van der Waals surface area contributed by atoms with Gasteiger partial charge >= 0.3 is 0 Å². The van der Waals surface area contributed by atoms with Crippen molar-refractivity contribution in [1.82, 2.24) is 14.6 Å². The molecule has 4 aromatic rings. The van der Waals surface area contributed by atoms with Crippen molar-refractivity contribution in [2.75, 3.05) is 6.54 Å². The highest BCUT2D eigenvalue weighted by atomic mass is 35.5. The number of rotatable bonds is 3. The Hall–Kier alpha value is -2.41. The van der Waals surface area contributed by atoms with Gasteiger partial charge in [-0.15, -0.1) is 5.10 Å². The lowest BCUT2D eigenvalue weighted by atomic mass is 9.95. The number of benzene rings is 2. The van der Waals surface area contributed by atoms with Crippen molar-refractivity contribution in [2.24, 2.45) is 0 Å². The second-order valence-corrected chi connectivity index (χ2v) is 8.62. The van der Waals surface area contributed by atoms with E-state index in [1.165, 1.54) is 31.9 Å². The fourth-order valence-electron chi connectivity index (χ4n) is 4.14. The van der Waals surface area contributed by atoms with E-state index >= 15 is 0 Å². The Kier molecular flexibility index (Phi) is 4.34. The summed E-state index contributed by atoms with van der Waals surface area (Å²) in [5, 5.41) is 16.0. The number of quaternary nitrogens is 1. The maximum atomic E-state index is 11.0. The minimum Gasteiger partial charge on any atom is -0.492 e. The fourth-order valence-corrected chi connectivity index (χ4v) is 5.56. The maximum Gasteiger partial charge on any atom is 0.235 e. The molecule has 2 aromatic heterocycles. The van der Waals surface area contributed by atoms with Gasteiger partial charge in [-0.05, 0) is 18.6 Å². The zero-order valence-corrected chi connectivity index (χ0v) is 17.0. The van der Waals surface area contributed by atoms with Crippen molar-refractivity contribution >= 4 is 27.9 Å². The van der Waals surface area contributed by atoms with E-state index in [1.54, 1.807) is 0 Å². The quantitative estimate of drug-likeness (QED) is 0.544. The maximum absolute atomic E-state index is 11.0. The molecule has 142 valence electrons. The first-order valence-corrected chi connectivity index (χ1v) is 10.5. The summed E-state index contributed by atoms with van der Waals surface area (Å²) in [4.78, 5) is 7.37. The molecular weight excluding hydrogens is 392 g/mol. The molecular formula is C21H20ClN4OS+. The van der Waals surface area contributed by atoms with Gasteiger partial charge in [-0.1, -0.05) is 65.4 Å². The summed E-state index contributed by atoms with van der Waals surface area (Å²) in [6, 6.07) is 16.4. The lowest BCUT2D eigenvalue weighted by Crippen LogP contribution is -3.12. The van der Waals surface area contributed by atoms with Gasteiger partial charge in [0.2, 0.25) is 10.8 Å². The van der Waals surface area contributed by atoms with E-state index in [2.05, 4.69) is 40.4 Å². The fraction of sp³-hybridized carbons (Fsp3) is 0.238. The van der Waals surface area contributed by atoms with Gasteiger partial charge < -0.3 is 10.0 Å². The van der Waals surface area contributed by atoms with E-state index in [-0.39, 0.29) is 11.9 Å². The monoisotopic (exact) mass is 411 g/mol. The topological polar surface area (TPSA) is 54.9 Å². The Bertz CT molecular complexity index is 1170. The molecule has 0 saturated heterocycles. The summed E-state index contributed by atoms with van der Waals surface area (Å²) in [6.45, 7) is 3.69. The molecule has 0 aliphatic carbocycles. The van der Waals surface area contributed by atoms with Crippen molar-refractivity contribution in [3.8, 4) is 5.88 Å². The number of hydrogen-bond acceptors (Lipinski definition) is 4. The highest BCUT2D eigenvalue weighted by molar-refractivity contribution is 7.17. The minimum atomic E-state index is -0.0733. The number of fused-ring (bicyclic) bond motifs is 2. The van der Waals surface area contributed by atoms with Gasteiger partial charge in [0, 0.05) is 17.5 Å². The third kappa shape index (κ3) is 2.89. The Labute approximate surface area is 171 Å². The van der Waals surface area contributed by atoms with E-state index < -0.39 is 0 Å². The summed E-state index contributed by atoms with van der Waals surface area (Å²) < 4.78 is 1.54. The summed E-state index contributed by atoms with van der Waals surface area (Å²) >= 11 is 8.10. The van der Waals surface area contributed by atoms with Crippen LogP contribution in [-0.4, -0.2) is 26.2 Å². The van der Waals surface area contributed by atoms with Crippen LogP contribution in [0.3, 0.4) is 0 Å². The lowest BCUT2D eigenvalue weighted by molar-refractivity contribution is -0.940. The molecule has 0 saturated carbocycles. The number of aryl methyl sites for hydroxylation is 1. The van der Waals surface area contributed by atoms with Crippen LogP contribution in [0.5, 0.6) is 5.88 Å². The summed E-state index contributed by atoms with van der Waals surface area (Å²) in [5.41, 5.74) is 3.79. The molecule has 0 fully saturated rings. The first kappa shape index (κ1) is 17.7. The van der Waals surface area contributed by atoms with E-state index in [0.717, 1.165) is 30.0 Å². The predicted octanol–water partition coefficient (Wildman–Crippen LogP) is 3.19. The molecule has 7 heteroatoms. The predicted molar refractivity (Wildman–Crippen MR) is 110 cm³/mol. The van der Waals surface area contributed by atoms with Gasteiger partial charge in [0.05, 0.1) is 11.6 Å². The Balaban J connectivity index is 1.64. The van der Waals surface area contributed by atoms with Crippen molar-refractivity contribution in [3.05, 3.63) is 80.9 Å². The molecule has 2 atom stereocenters. The van der Waals surface area contributed by atoms with Crippen LogP contribution in [0.2, 0.25) is 5.02 Å². The van der Waals surface area contributed by atoms with Gasteiger partial charge in [-0.2, -0.15) is 4.52 Å². The van der Waals surface area contributed by atoms with Crippen LogP contribution in [-0.2, 0) is 13.0 Å². The lowest BCUT2D eigenvalue weighted by Gasteiger charge is -2.32. The van der Waals surface area contributed by atoms with Crippen LogP contribution in [0.25, 0.3) is 4.96 Å². The molecule has 5 nitrogen and oxygen atoms in total. The average Bonchev–Trinajstić information content (AvgIpc) is 3.21. The van der Waals surface area contributed by atoms with Crippen LogP contribution in [0.15, 0.2) is 48.5 Å². The molecule has 3 heterocycles. The molecule has 0 spiro atoms. The Morgan fingerprint density at radius 3 is 2.68 bits per heavy atom. The molecule has 0 bridgehead atoms. The summed E-state index contributed by atoms with van der Waals surface area (Å²) in [5.74, 6) is 0.818. The molecule has 1 aliphatic rings. The number of aromatic hydroxyl groups is 1. The van der Waals surface area contributed by atoms with E-state index in [0.29, 0.717) is 15.8 Å². The molecule has 5 rings (SSSR count). The minimum absolute atomic E-state index is 0.0733. The third-order valence-corrected chi connectivity index (χ3v) is 6.87. The number of hydrogen-bond donors (Lipinski definition) is 2. The zero-order chi connectivity index (χ0) is 19.3. The Morgan fingerprint density at radius 2 is 1.89 bits per heavy atom. The van der Waals surface area contributed by atoms with Gasteiger partial charge in [0.15, 0.2) is 6.04 Å². The van der Waals surface area contributed by atoms with Crippen LogP contribution >= 0.6 is 22.9 Å². The molecule has 2 aromatic carbocycles. The second-order valence-electron chi connectivity index (χ2n) is 7.20. The third-order valence-electron chi connectivity index (χ3n) is 5.44. The molecule has 0 amide bonds. The smallest absolute Gasteiger partial charge is 0.235 e. The van der Waals surface area contributed by atoms with Gasteiger partial charge in [0.25, 0.3) is 0 Å². The van der Waals surface area contributed by atoms with E-state index in [9.17, 15) is 5.11 Å². The van der Waals surface area contributed by atoms with E-state index in [1.807, 2.05) is 25.1 Å². The molecule has 0 radical (unpaired) electrons. The Morgan fingerprint density at radius 1 is 1.14 bits per heavy atom.